The highest BCUT2D eigenvalue weighted by Gasteiger charge is 2.27. The molecular formula is C20H20BrN3O4S. The van der Waals surface area contributed by atoms with Gasteiger partial charge in [-0.15, -0.1) is 0 Å². The molecule has 0 atom stereocenters. The maximum Gasteiger partial charge on any atom is 0.269 e. The van der Waals surface area contributed by atoms with E-state index in [4.69, 9.17) is 0 Å². The van der Waals surface area contributed by atoms with Crippen LogP contribution in [-0.4, -0.2) is 37.6 Å². The zero-order valence-electron chi connectivity index (χ0n) is 15.5. The first-order valence-corrected chi connectivity index (χ1v) is 11.2. The minimum Gasteiger partial charge on any atom is -0.268 e. The lowest BCUT2D eigenvalue weighted by atomic mass is 10.2. The van der Waals surface area contributed by atoms with Crippen LogP contribution in [0.2, 0.25) is 0 Å². The van der Waals surface area contributed by atoms with Gasteiger partial charge < -0.3 is 0 Å². The monoisotopic (exact) mass is 477 g/mol. The van der Waals surface area contributed by atoms with Crippen LogP contribution in [-0.2, 0) is 14.8 Å². The maximum absolute atomic E-state index is 12.6. The first-order chi connectivity index (χ1) is 13.9. The largest absolute Gasteiger partial charge is 0.269 e. The van der Waals surface area contributed by atoms with Crippen molar-refractivity contribution in [3.8, 4) is 0 Å². The van der Waals surface area contributed by atoms with E-state index >= 15 is 0 Å². The number of amides is 2. The lowest BCUT2D eigenvalue weighted by Gasteiger charge is -2.16. The minimum atomic E-state index is -3.62. The molecule has 0 bridgehead atoms. The van der Waals surface area contributed by atoms with Gasteiger partial charge in [-0.2, -0.15) is 4.31 Å². The Labute approximate surface area is 177 Å². The van der Waals surface area contributed by atoms with Crippen molar-refractivity contribution in [2.75, 3.05) is 13.1 Å². The van der Waals surface area contributed by atoms with Gasteiger partial charge in [0.05, 0.1) is 4.90 Å². The van der Waals surface area contributed by atoms with Crippen molar-refractivity contribution in [3.63, 3.8) is 0 Å². The van der Waals surface area contributed by atoms with Crippen LogP contribution in [0.4, 0.5) is 0 Å². The van der Waals surface area contributed by atoms with Gasteiger partial charge in [0.1, 0.15) is 0 Å². The molecule has 0 aromatic heterocycles. The Bertz CT molecular complexity index is 1050. The van der Waals surface area contributed by atoms with Crippen molar-refractivity contribution in [1.82, 2.24) is 15.2 Å². The van der Waals surface area contributed by atoms with Gasteiger partial charge in [-0.1, -0.05) is 34.1 Å². The van der Waals surface area contributed by atoms with Gasteiger partial charge in [0.2, 0.25) is 10.0 Å². The van der Waals surface area contributed by atoms with E-state index in [0.717, 1.165) is 22.9 Å². The van der Waals surface area contributed by atoms with E-state index in [2.05, 4.69) is 26.8 Å². The summed E-state index contributed by atoms with van der Waals surface area (Å²) in [6.45, 7) is 0.971. The predicted molar refractivity (Wildman–Crippen MR) is 113 cm³/mol. The topological polar surface area (TPSA) is 95.6 Å². The third-order valence-electron chi connectivity index (χ3n) is 4.37. The molecule has 9 heteroatoms. The molecule has 1 heterocycles. The fraction of sp³-hybridized carbons (Fsp3) is 0.200. The van der Waals surface area contributed by atoms with Gasteiger partial charge >= 0.3 is 0 Å². The maximum atomic E-state index is 12.6. The highest BCUT2D eigenvalue weighted by molar-refractivity contribution is 9.10. The van der Waals surface area contributed by atoms with Crippen molar-refractivity contribution >= 4 is 43.8 Å². The summed E-state index contributed by atoms with van der Waals surface area (Å²) in [6.07, 6.45) is 4.56. The molecule has 7 nitrogen and oxygen atoms in total. The molecular weight excluding hydrogens is 458 g/mol. The number of hydrogen-bond donors (Lipinski definition) is 2. The van der Waals surface area contributed by atoms with E-state index in [-0.39, 0.29) is 10.5 Å². The molecule has 2 aromatic carbocycles. The van der Waals surface area contributed by atoms with Crippen molar-refractivity contribution in [3.05, 3.63) is 70.2 Å². The van der Waals surface area contributed by atoms with Crippen molar-refractivity contribution < 1.29 is 18.0 Å². The van der Waals surface area contributed by atoms with Gasteiger partial charge in [0, 0.05) is 29.2 Å². The number of carbonyl (C=O) groups is 2. The van der Waals surface area contributed by atoms with E-state index < -0.39 is 21.8 Å². The number of rotatable bonds is 5. The van der Waals surface area contributed by atoms with E-state index in [1.807, 2.05) is 24.3 Å². The third-order valence-corrected chi connectivity index (χ3v) is 6.76. The molecule has 29 heavy (non-hydrogen) atoms. The van der Waals surface area contributed by atoms with Crippen LogP contribution in [0.3, 0.4) is 0 Å². The van der Waals surface area contributed by atoms with Crippen molar-refractivity contribution in [2.24, 2.45) is 0 Å². The summed E-state index contributed by atoms with van der Waals surface area (Å²) in [7, 11) is -3.62. The van der Waals surface area contributed by atoms with Crippen LogP contribution in [0.1, 0.15) is 28.8 Å². The van der Waals surface area contributed by atoms with E-state index in [1.165, 1.54) is 34.6 Å². The van der Waals surface area contributed by atoms with Crippen LogP contribution in [0.25, 0.3) is 6.08 Å². The summed E-state index contributed by atoms with van der Waals surface area (Å²) >= 11 is 3.35. The first-order valence-electron chi connectivity index (χ1n) is 9.00. The number of halogens is 1. The molecule has 152 valence electrons. The van der Waals surface area contributed by atoms with Crippen LogP contribution in [0.15, 0.2) is 64.0 Å². The summed E-state index contributed by atoms with van der Waals surface area (Å²) in [5, 5.41) is 0. The predicted octanol–water partition coefficient (Wildman–Crippen LogP) is 2.71. The molecule has 3 rings (SSSR count). The fourth-order valence-corrected chi connectivity index (χ4v) is 4.87. The van der Waals surface area contributed by atoms with E-state index in [0.29, 0.717) is 13.1 Å². The van der Waals surface area contributed by atoms with Crippen LogP contribution >= 0.6 is 15.9 Å². The summed E-state index contributed by atoms with van der Waals surface area (Å²) in [4.78, 5) is 24.3. The second kappa shape index (κ2) is 9.34. The number of sulfonamides is 1. The molecule has 1 fully saturated rings. The van der Waals surface area contributed by atoms with Gasteiger partial charge in [0.25, 0.3) is 11.8 Å². The number of benzene rings is 2. The average molecular weight is 478 g/mol. The highest BCUT2D eigenvalue weighted by Crippen LogP contribution is 2.21. The molecule has 0 unspecified atom stereocenters. The number of carbonyl (C=O) groups excluding carboxylic acids is 2. The fourth-order valence-electron chi connectivity index (χ4n) is 2.89. The quantitative estimate of drug-likeness (QED) is 0.511. The van der Waals surface area contributed by atoms with Gasteiger partial charge in [-0.05, 0) is 54.8 Å². The zero-order valence-corrected chi connectivity index (χ0v) is 17.9. The Hall–Kier alpha value is -2.49. The second-order valence-electron chi connectivity index (χ2n) is 6.47. The van der Waals surface area contributed by atoms with Gasteiger partial charge in [0.15, 0.2) is 0 Å². The Balaban J connectivity index is 1.61. The summed E-state index contributed by atoms with van der Waals surface area (Å²) in [5.74, 6) is -1.12. The molecule has 1 aliphatic rings. The normalized spacial score (nSPS) is 14.8. The molecule has 0 spiro atoms. The number of hydrazine groups is 1. The molecule has 0 radical (unpaired) electrons. The smallest absolute Gasteiger partial charge is 0.268 e. The van der Waals surface area contributed by atoms with E-state index in [9.17, 15) is 18.0 Å². The van der Waals surface area contributed by atoms with Crippen LogP contribution < -0.4 is 10.9 Å². The second-order valence-corrected chi connectivity index (χ2v) is 9.32. The zero-order chi connectivity index (χ0) is 20.9. The lowest BCUT2D eigenvalue weighted by Crippen LogP contribution is -2.40. The Morgan fingerprint density at radius 1 is 1.00 bits per heavy atom. The molecule has 1 saturated heterocycles. The van der Waals surface area contributed by atoms with Gasteiger partial charge in [-0.3, -0.25) is 20.4 Å². The molecule has 0 aliphatic carbocycles. The highest BCUT2D eigenvalue weighted by atomic mass is 79.9. The number of nitrogens with zero attached hydrogens (tertiary/aromatic N) is 1. The molecule has 2 amide bonds. The summed E-state index contributed by atoms with van der Waals surface area (Å²) in [5.41, 5.74) is 5.53. The van der Waals surface area contributed by atoms with Crippen LogP contribution in [0, 0.1) is 0 Å². The number of hydrogen-bond acceptors (Lipinski definition) is 4. The molecule has 2 N–H and O–H groups in total. The first kappa shape index (κ1) is 21.2. The average Bonchev–Trinajstić information content (AvgIpc) is 3.26. The van der Waals surface area contributed by atoms with Crippen LogP contribution in [0.5, 0.6) is 0 Å². The Morgan fingerprint density at radius 2 is 1.72 bits per heavy atom. The molecule has 2 aromatic rings. The molecule has 0 saturated carbocycles. The third kappa shape index (κ3) is 5.53. The lowest BCUT2D eigenvalue weighted by molar-refractivity contribution is -0.117. The standard InChI is InChI=1S/C20H20BrN3O4S/c21-17-7-3-5-15(13-17)9-10-19(25)22-23-20(26)16-6-4-8-18(14-16)29(27,28)24-11-1-2-12-24/h3-10,13-14H,1-2,11-12H2,(H,22,25)(H,23,26)/b10-9+. The Kier molecular flexibility index (Phi) is 6.83. The van der Waals surface area contributed by atoms with Gasteiger partial charge in [-0.25, -0.2) is 8.42 Å². The summed E-state index contributed by atoms with van der Waals surface area (Å²) < 4.78 is 27.6. The Morgan fingerprint density at radius 3 is 2.45 bits per heavy atom. The molecule has 1 aliphatic heterocycles. The number of nitrogens with one attached hydrogen (secondary N) is 2. The minimum absolute atomic E-state index is 0.0629. The SMILES string of the molecule is O=C(/C=C/c1cccc(Br)c1)NNC(=O)c1cccc(S(=O)(=O)N2CCCC2)c1. The van der Waals surface area contributed by atoms with E-state index in [1.54, 1.807) is 6.08 Å². The van der Waals surface area contributed by atoms with Crippen molar-refractivity contribution in [2.45, 2.75) is 17.7 Å². The summed E-state index contributed by atoms with van der Waals surface area (Å²) in [6, 6.07) is 13.2. The van der Waals surface area contributed by atoms with Crippen molar-refractivity contribution in [1.29, 1.82) is 0 Å².